The van der Waals surface area contributed by atoms with Gasteiger partial charge in [-0.25, -0.2) is 4.99 Å². The van der Waals surface area contributed by atoms with E-state index in [9.17, 15) is 0 Å². The summed E-state index contributed by atoms with van der Waals surface area (Å²) >= 11 is 5.76. The van der Waals surface area contributed by atoms with Crippen LogP contribution in [0.5, 0.6) is 0 Å². The molecule has 0 saturated heterocycles. The molecule has 168 valence electrons. The van der Waals surface area contributed by atoms with Crippen LogP contribution in [0.2, 0.25) is 0 Å². The molecule has 0 saturated carbocycles. The lowest BCUT2D eigenvalue weighted by molar-refractivity contribution is 0.608. The minimum atomic E-state index is -3.63. The maximum Gasteiger partial charge on any atom is 0.185 e. The zero-order valence-electron chi connectivity index (χ0n) is 19.1. The first-order valence-electron chi connectivity index (χ1n) is 11.1. The molecular weight excluding hydrogens is 422 g/mol. The highest BCUT2D eigenvalue weighted by Crippen LogP contribution is 2.41. The summed E-state index contributed by atoms with van der Waals surface area (Å²) in [6, 6.07) is 20.0. The standard InChI is InChI=1S/C25H35N3OS2/c1-5-6-9-14-20(2)31(29,26-4,19-21-15-10-7-11-16-21)24-27-23(30)25(3,28-24)22-17-12-8-13-18-22/h7-8,10-13,15-18,20H,5-6,9,14,19H2,1-4H3,(H,26,29)(H,27,28,30). The molecule has 0 aliphatic carbocycles. The number of thiocarbonyl (C=S) groups is 1. The molecule has 1 aliphatic rings. The molecule has 0 fully saturated rings. The fraction of sp³-hybridized carbons (Fsp3) is 0.440. The molecular formula is C25H35N3OS2. The van der Waals surface area contributed by atoms with Gasteiger partial charge in [-0.1, -0.05) is 106 Å². The van der Waals surface area contributed by atoms with Crippen LogP contribution in [0.1, 0.15) is 57.6 Å². The Morgan fingerprint density at radius 3 is 2.29 bits per heavy atom. The van der Waals surface area contributed by atoms with Crippen molar-refractivity contribution in [2.24, 2.45) is 4.99 Å². The van der Waals surface area contributed by atoms with Crippen LogP contribution in [0.4, 0.5) is 0 Å². The SMILES string of the molecule is CCCCCC(C)S(=O)(Cc1ccccc1)(NC)C1=NC(C)(c2ccccc2)C(=S)N1. The van der Waals surface area contributed by atoms with E-state index >= 15 is 4.21 Å². The molecule has 2 aromatic carbocycles. The van der Waals surface area contributed by atoms with Crippen molar-refractivity contribution in [2.75, 3.05) is 7.05 Å². The second kappa shape index (κ2) is 9.31. The van der Waals surface area contributed by atoms with Gasteiger partial charge in [-0.2, -0.15) is 0 Å². The van der Waals surface area contributed by atoms with Crippen molar-refractivity contribution in [3.63, 3.8) is 0 Å². The van der Waals surface area contributed by atoms with Gasteiger partial charge in [0.2, 0.25) is 0 Å². The summed E-state index contributed by atoms with van der Waals surface area (Å²) in [6.45, 7) is 6.28. The van der Waals surface area contributed by atoms with Gasteiger partial charge in [-0.3, -0.25) is 8.93 Å². The van der Waals surface area contributed by atoms with Gasteiger partial charge >= 0.3 is 0 Å². The van der Waals surface area contributed by atoms with Crippen LogP contribution in [0.3, 0.4) is 0 Å². The number of rotatable bonds is 9. The number of nitrogens with zero attached hydrogens (tertiary/aromatic N) is 1. The van der Waals surface area contributed by atoms with Gasteiger partial charge in [0.1, 0.15) is 10.5 Å². The van der Waals surface area contributed by atoms with Crippen molar-refractivity contribution in [1.29, 1.82) is 0 Å². The Morgan fingerprint density at radius 2 is 1.71 bits per heavy atom. The normalized spacial score (nSPS) is 21.1. The molecule has 0 radical (unpaired) electrons. The fourth-order valence-corrected chi connectivity index (χ4v) is 8.37. The molecule has 1 aliphatic heterocycles. The highest BCUT2D eigenvalue weighted by Gasteiger charge is 2.52. The lowest BCUT2D eigenvalue weighted by atomic mass is 9.93. The van der Waals surface area contributed by atoms with Crippen molar-refractivity contribution in [1.82, 2.24) is 10.0 Å². The Kier molecular flexibility index (Phi) is 7.14. The molecule has 2 unspecified atom stereocenters. The summed E-state index contributed by atoms with van der Waals surface area (Å²) in [7, 11) is -1.82. The van der Waals surface area contributed by atoms with E-state index in [1.54, 1.807) is 7.05 Å². The number of benzene rings is 2. The van der Waals surface area contributed by atoms with Gasteiger partial charge in [0.05, 0.1) is 0 Å². The largest absolute Gasteiger partial charge is 0.325 e. The van der Waals surface area contributed by atoms with Crippen LogP contribution in [0.15, 0.2) is 65.7 Å². The topological polar surface area (TPSA) is 53.5 Å². The molecule has 4 nitrogen and oxygen atoms in total. The molecule has 2 atom stereocenters. The quantitative estimate of drug-likeness (QED) is 0.396. The van der Waals surface area contributed by atoms with Crippen molar-refractivity contribution >= 4 is 31.6 Å². The molecule has 2 aromatic rings. The summed E-state index contributed by atoms with van der Waals surface area (Å²) in [5.41, 5.74) is 1.29. The first-order valence-corrected chi connectivity index (χ1v) is 13.7. The zero-order valence-corrected chi connectivity index (χ0v) is 20.7. The minimum Gasteiger partial charge on any atom is -0.325 e. The number of hydrogen-bond donors (Lipinski definition) is 2. The van der Waals surface area contributed by atoms with Gasteiger partial charge in [0.15, 0.2) is 5.17 Å². The molecule has 1 heterocycles. The lowest BCUT2D eigenvalue weighted by Crippen LogP contribution is -2.63. The van der Waals surface area contributed by atoms with E-state index in [0.717, 1.165) is 36.8 Å². The molecule has 31 heavy (non-hydrogen) atoms. The Bertz CT molecular complexity index is 1010. The van der Waals surface area contributed by atoms with Crippen LogP contribution >= 0.6 is 12.2 Å². The highest BCUT2D eigenvalue weighted by molar-refractivity contribution is 8.30. The summed E-state index contributed by atoms with van der Waals surface area (Å²) in [5.74, 6) is 0.390. The van der Waals surface area contributed by atoms with Gasteiger partial charge in [-0.15, -0.1) is 0 Å². The van der Waals surface area contributed by atoms with Crippen molar-refractivity contribution in [2.45, 2.75) is 63.0 Å². The Morgan fingerprint density at radius 1 is 1.10 bits per heavy atom. The van der Waals surface area contributed by atoms with Gasteiger partial charge < -0.3 is 5.32 Å². The van der Waals surface area contributed by atoms with E-state index in [0.29, 0.717) is 15.9 Å². The molecule has 0 bridgehead atoms. The van der Waals surface area contributed by atoms with Gasteiger partial charge in [-0.05, 0) is 31.5 Å². The van der Waals surface area contributed by atoms with Crippen LogP contribution in [-0.4, -0.2) is 26.7 Å². The molecule has 0 amide bonds. The third kappa shape index (κ3) is 4.38. The van der Waals surface area contributed by atoms with E-state index in [2.05, 4.69) is 23.9 Å². The number of unbranched alkanes of at least 4 members (excludes halogenated alkanes) is 2. The van der Waals surface area contributed by atoms with E-state index in [-0.39, 0.29) is 5.25 Å². The van der Waals surface area contributed by atoms with Crippen LogP contribution in [0, 0.1) is 0 Å². The van der Waals surface area contributed by atoms with E-state index < -0.39 is 14.8 Å². The van der Waals surface area contributed by atoms with Crippen molar-refractivity contribution < 1.29 is 4.21 Å². The predicted octanol–water partition coefficient (Wildman–Crippen LogP) is 5.31. The predicted molar refractivity (Wildman–Crippen MR) is 138 cm³/mol. The Labute approximate surface area is 192 Å². The first kappa shape index (κ1) is 23.8. The second-order valence-corrected chi connectivity index (χ2v) is 13.3. The summed E-state index contributed by atoms with van der Waals surface area (Å²) in [5, 5.41) is 3.73. The molecule has 2 N–H and O–H groups in total. The van der Waals surface area contributed by atoms with Crippen LogP contribution < -0.4 is 10.0 Å². The number of hydrogen-bond acceptors (Lipinski definition) is 3. The molecule has 6 heteroatoms. The lowest BCUT2D eigenvalue weighted by Gasteiger charge is -2.47. The molecule has 0 spiro atoms. The first-order chi connectivity index (χ1) is 14.8. The Hall–Kier alpha value is -1.89. The van der Waals surface area contributed by atoms with Crippen molar-refractivity contribution in [3.05, 3.63) is 71.8 Å². The monoisotopic (exact) mass is 457 g/mol. The number of nitrogens with one attached hydrogen (secondary N) is 2. The third-order valence-corrected chi connectivity index (χ3v) is 11.8. The third-order valence-electron chi connectivity index (χ3n) is 6.56. The summed E-state index contributed by atoms with van der Waals surface area (Å²) < 4.78 is 18.6. The van der Waals surface area contributed by atoms with Crippen LogP contribution in [-0.2, 0) is 20.5 Å². The van der Waals surface area contributed by atoms with E-state index in [1.807, 2.05) is 67.6 Å². The smallest absolute Gasteiger partial charge is 0.185 e. The molecule has 0 aromatic heterocycles. The maximum atomic E-state index is 15.3. The highest BCUT2D eigenvalue weighted by atomic mass is 32.3. The summed E-state index contributed by atoms with van der Waals surface area (Å²) in [6.07, 6.45) is 4.16. The van der Waals surface area contributed by atoms with Gasteiger partial charge in [0.25, 0.3) is 0 Å². The number of aliphatic imine (C=N–C) groups is 1. The van der Waals surface area contributed by atoms with E-state index in [4.69, 9.17) is 17.2 Å². The fourth-order valence-electron chi connectivity index (χ4n) is 4.28. The minimum absolute atomic E-state index is 0.0964. The zero-order chi connectivity index (χ0) is 22.6. The number of amidine groups is 1. The average molecular weight is 458 g/mol. The van der Waals surface area contributed by atoms with Crippen molar-refractivity contribution in [3.8, 4) is 0 Å². The second-order valence-electron chi connectivity index (χ2n) is 8.62. The average Bonchev–Trinajstić information content (AvgIpc) is 3.11. The van der Waals surface area contributed by atoms with Crippen LogP contribution in [0.25, 0.3) is 0 Å². The maximum absolute atomic E-state index is 15.3. The Balaban J connectivity index is 2.12. The summed E-state index contributed by atoms with van der Waals surface area (Å²) in [4.78, 5) is 5.66. The van der Waals surface area contributed by atoms with Gasteiger partial charge in [0, 0.05) is 20.3 Å². The molecule has 3 rings (SSSR count). The van der Waals surface area contributed by atoms with E-state index in [1.165, 1.54) is 0 Å².